The van der Waals surface area contributed by atoms with Crippen molar-refractivity contribution >= 4 is 0 Å². The van der Waals surface area contributed by atoms with Crippen LogP contribution in [0.3, 0.4) is 0 Å². The van der Waals surface area contributed by atoms with Crippen molar-refractivity contribution in [1.82, 2.24) is 0 Å². The summed E-state index contributed by atoms with van der Waals surface area (Å²) in [6.45, 7) is 1.87. The maximum absolute atomic E-state index is 9.11. The van der Waals surface area contributed by atoms with Crippen LogP contribution in [0.15, 0.2) is 30.3 Å². The number of nitrogens with zero attached hydrogens (tertiary/aromatic N) is 2. The Bertz CT molecular complexity index is 370. The number of hydrogen-bond acceptors (Lipinski definition) is 2. The molecule has 2 nitrogen and oxygen atoms in total. The second-order valence-electron chi connectivity index (χ2n) is 3.47. The first-order valence-electron chi connectivity index (χ1n) is 4.57. The van der Waals surface area contributed by atoms with E-state index in [1.54, 1.807) is 0 Å². The Hall–Kier alpha value is -1.80. The lowest BCUT2D eigenvalue weighted by Crippen LogP contribution is -2.18. The van der Waals surface area contributed by atoms with Gasteiger partial charge in [0, 0.05) is 6.42 Å². The molecule has 0 N–H and O–H groups in total. The van der Waals surface area contributed by atoms with E-state index in [4.69, 9.17) is 10.5 Å². The van der Waals surface area contributed by atoms with Gasteiger partial charge in [-0.05, 0) is 18.9 Å². The summed E-state index contributed by atoms with van der Waals surface area (Å²) >= 11 is 0. The van der Waals surface area contributed by atoms with Crippen molar-refractivity contribution in [2.75, 3.05) is 0 Å². The summed E-state index contributed by atoms with van der Waals surface area (Å²) < 4.78 is 0. The van der Waals surface area contributed by atoms with Crippen LogP contribution in [0, 0.1) is 22.7 Å². The van der Waals surface area contributed by atoms with Crippen LogP contribution in [0.1, 0.15) is 25.3 Å². The third-order valence-corrected chi connectivity index (χ3v) is 2.39. The Morgan fingerprint density at radius 1 is 1.21 bits per heavy atom. The normalized spacial score (nSPS) is 13.6. The molecule has 2 heteroatoms. The monoisotopic (exact) mass is 184 g/mol. The predicted molar refractivity (Wildman–Crippen MR) is 54.3 cm³/mol. The maximum Gasteiger partial charge on any atom is 0.0804 e. The first-order chi connectivity index (χ1) is 6.73. The maximum atomic E-state index is 9.11. The van der Waals surface area contributed by atoms with Crippen molar-refractivity contribution in [1.29, 1.82) is 10.5 Å². The van der Waals surface area contributed by atoms with Crippen LogP contribution in [-0.4, -0.2) is 0 Å². The van der Waals surface area contributed by atoms with E-state index in [2.05, 4.69) is 12.1 Å². The number of benzene rings is 1. The molecule has 1 rings (SSSR count). The fraction of sp³-hybridized carbons (Fsp3) is 0.333. The van der Waals surface area contributed by atoms with Crippen molar-refractivity contribution in [3.63, 3.8) is 0 Å². The predicted octanol–water partition coefficient (Wildman–Crippen LogP) is 2.77. The Morgan fingerprint density at radius 2 is 1.86 bits per heavy atom. The molecule has 0 saturated carbocycles. The Balaban J connectivity index is 2.93. The topological polar surface area (TPSA) is 47.6 Å². The average Bonchev–Trinajstić information content (AvgIpc) is 2.27. The van der Waals surface area contributed by atoms with Gasteiger partial charge in [0.05, 0.1) is 17.6 Å². The highest BCUT2D eigenvalue weighted by Crippen LogP contribution is 2.27. The van der Waals surface area contributed by atoms with E-state index in [9.17, 15) is 0 Å². The molecule has 1 aromatic carbocycles. The minimum Gasteiger partial charge on any atom is -0.198 e. The molecule has 14 heavy (non-hydrogen) atoms. The van der Waals surface area contributed by atoms with Gasteiger partial charge in [0.25, 0.3) is 0 Å². The number of rotatable bonds is 3. The smallest absolute Gasteiger partial charge is 0.0804 e. The Morgan fingerprint density at radius 3 is 2.36 bits per heavy atom. The number of hydrogen-bond donors (Lipinski definition) is 0. The van der Waals surface area contributed by atoms with Gasteiger partial charge >= 0.3 is 0 Å². The fourth-order valence-electron chi connectivity index (χ4n) is 1.38. The van der Waals surface area contributed by atoms with Gasteiger partial charge in [-0.15, -0.1) is 0 Å². The second kappa shape index (κ2) is 4.44. The highest BCUT2D eigenvalue weighted by atomic mass is 14.4. The molecule has 0 aliphatic heterocycles. The molecule has 0 radical (unpaired) electrons. The van der Waals surface area contributed by atoms with Crippen molar-refractivity contribution in [3.8, 4) is 12.1 Å². The molecule has 0 amide bonds. The molecule has 0 bridgehead atoms. The van der Waals surface area contributed by atoms with Crippen LogP contribution in [0.2, 0.25) is 0 Å². The van der Waals surface area contributed by atoms with E-state index >= 15 is 0 Å². The lowest BCUT2D eigenvalue weighted by Gasteiger charge is -2.20. The molecule has 0 aromatic heterocycles. The van der Waals surface area contributed by atoms with E-state index in [0.29, 0.717) is 12.8 Å². The summed E-state index contributed by atoms with van der Waals surface area (Å²) in [5, 5.41) is 17.6. The zero-order valence-corrected chi connectivity index (χ0v) is 8.20. The van der Waals surface area contributed by atoms with Gasteiger partial charge in [0.1, 0.15) is 0 Å². The highest BCUT2D eigenvalue weighted by molar-refractivity contribution is 5.31. The molecular weight excluding hydrogens is 172 g/mol. The van der Waals surface area contributed by atoms with Gasteiger partial charge in [-0.1, -0.05) is 30.3 Å². The first-order valence-corrected chi connectivity index (χ1v) is 4.57. The van der Waals surface area contributed by atoms with E-state index in [1.807, 2.05) is 37.3 Å². The fourth-order valence-corrected chi connectivity index (χ4v) is 1.38. The van der Waals surface area contributed by atoms with Crippen molar-refractivity contribution < 1.29 is 0 Å². The third-order valence-electron chi connectivity index (χ3n) is 2.39. The summed E-state index contributed by atoms with van der Waals surface area (Å²) in [5.41, 5.74) is 0.453. The quantitative estimate of drug-likeness (QED) is 0.725. The highest BCUT2D eigenvalue weighted by Gasteiger charge is 2.25. The van der Waals surface area contributed by atoms with E-state index in [-0.39, 0.29) is 0 Å². The van der Waals surface area contributed by atoms with E-state index in [1.165, 1.54) is 0 Å². The summed E-state index contributed by atoms with van der Waals surface area (Å²) in [6.07, 6.45) is 1.00. The van der Waals surface area contributed by atoms with Crippen LogP contribution in [0.4, 0.5) is 0 Å². The van der Waals surface area contributed by atoms with Gasteiger partial charge in [-0.2, -0.15) is 10.5 Å². The van der Waals surface area contributed by atoms with Crippen molar-refractivity contribution in [3.05, 3.63) is 35.9 Å². The minimum absolute atomic E-state index is 0.416. The van der Waals surface area contributed by atoms with Gasteiger partial charge in [0.2, 0.25) is 0 Å². The Kier molecular flexibility index (Phi) is 3.26. The second-order valence-corrected chi connectivity index (χ2v) is 3.47. The lowest BCUT2D eigenvalue weighted by atomic mass is 9.80. The summed E-state index contributed by atoms with van der Waals surface area (Å²) in [7, 11) is 0. The van der Waals surface area contributed by atoms with E-state index < -0.39 is 5.41 Å². The molecule has 0 aliphatic rings. The minimum atomic E-state index is -0.531. The van der Waals surface area contributed by atoms with Crippen LogP contribution < -0.4 is 0 Å². The molecule has 1 atom stereocenters. The molecule has 0 fully saturated rings. The molecule has 0 spiro atoms. The molecule has 0 heterocycles. The third kappa shape index (κ3) is 2.12. The van der Waals surface area contributed by atoms with Crippen LogP contribution in [0.5, 0.6) is 0 Å². The van der Waals surface area contributed by atoms with Gasteiger partial charge in [0.15, 0.2) is 0 Å². The number of nitriles is 2. The Labute approximate surface area is 84.4 Å². The standard InChI is InChI=1S/C12H12N2/c1-12(10-14,8-5-9-13)11-6-3-2-4-7-11/h2-4,6-7H,5,8H2,1H3/t12-/m0/s1. The van der Waals surface area contributed by atoms with Gasteiger partial charge in [-0.3, -0.25) is 0 Å². The molecule has 0 aliphatic carbocycles. The van der Waals surface area contributed by atoms with E-state index in [0.717, 1.165) is 5.56 Å². The summed E-state index contributed by atoms with van der Waals surface area (Å²) in [4.78, 5) is 0. The van der Waals surface area contributed by atoms with Crippen LogP contribution in [-0.2, 0) is 5.41 Å². The molecule has 1 aromatic rings. The lowest BCUT2D eigenvalue weighted by molar-refractivity contribution is 0.562. The van der Waals surface area contributed by atoms with Crippen molar-refractivity contribution in [2.24, 2.45) is 0 Å². The van der Waals surface area contributed by atoms with Crippen molar-refractivity contribution in [2.45, 2.75) is 25.2 Å². The van der Waals surface area contributed by atoms with Gasteiger partial charge < -0.3 is 0 Å². The summed E-state index contributed by atoms with van der Waals surface area (Å²) in [5.74, 6) is 0. The average molecular weight is 184 g/mol. The first kappa shape index (κ1) is 10.3. The van der Waals surface area contributed by atoms with Crippen LogP contribution >= 0.6 is 0 Å². The zero-order valence-electron chi connectivity index (χ0n) is 8.20. The summed E-state index contributed by atoms with van der Waals surface area (Å²) in [6, 6.07) is 14.0. The SMILES string of the molecule is C[C@@](C#N)(CCC#N)c1ccccc1. The molecular formula is C12H12N2. The largest absolute Gasteiger partial charge is 0.198 e. The molecule has 70 valence electrons. The van der Waals surface area contributed by atoms with Crippen LogP contribution in [0.25, 0.3) is 0 Å². The molecule has 0 unspecified atom stereocenters. The zero-order chi connectivity index (χ0) is 10.4. The molecule has 0 saturated heterocycles. The van der Waals surface area contributed by atoms with Gasteiger partial charge in [-0.25, -0.2) is 0 Å².